The molecule has 0 bridgehead atoms. The number of aryl methyl sites for hydroxylation is 1. The van der Waals surface area contributed by atoms with Gasteiger partial charge in [-0.25, -0.2) is 0 Å². The van der Waals surface area contributed by atoms with E-state index in [2.05, 4.69) is 5.32 Å². The molecule has 0 saturated carbocycles. The van der Waals surface area contributed by atoms with Crippen molar-refractivity contribution in [3.05, 3.63) is 28.8 Å². The smallest absolute Gasteiger partial charge is 0.241 e. The lowest BCUT2D eigenvalue weighted by atomic mass is 9.99. The van der Waals surface area contributed by atoms with Crippen molar-refractivity contribution in [1.29, 1.82) is 0 Å². The predicted octanol–water partition coefficient (Wildman–Crippen LogP) is 2.96. The Kier molecular flexibility index (Phi) is 4.97. The molecule has 1 rings (SSSR count). The van der Waals surface area contributed by atoms with Gasteiger partial charge >= 0.3 is 0 Å². The molecule has 1 aromatic rings. The lowest BCUT2D eigenvalue weighted by Crippen LogP contribution is -2.40. The molecular formula is C13H19ClN2O. The monoisotopic (exact) mass is 254 g/mol. The second-order valence-electron chi connectivity index (χ2n) is 4.36. The summed E-state index contributed by atoms with van der Waals surface area (Å²) in [5.41, 5.74) is 7.56. The van der Waals surface area contributed by atoms with Gasteiger partial charge in [-0.2, -0.15) is 0 Å². The molecule has 2 atom stereocenters. The van der Waals surface area contributed by atoms with E-state index < -0.39 is 6.04 Å². The molecule has 0 fully saturated rings. The molecule has 2 unspecified atom stereocenters. The highest BCUT2D eigenvalue weighted by Gasteiger charge is 2.19. The summed E-state index contributed by atoms with van der Waals surface area (Å²) in [5, 5.41) is 3.42. The molecule has 0 spiro atoms. The average Bonchev–Trinajstić information content (AvgIpc) is 2.31. The summed E-state index contributed by atoms with van der Waals surface area (Å²) >= 11 is 5.89. The number of nitrogens with two attached hydrogens (primary N) is 1. The van der Waals surface area contributed by atoms with Crippen molar-refractivity contribution in [3.63, 3.8) is 0 Å². The van der Waals surface area contributed by atoms with E-state index >= 15 is 0 Å². The van der Waals surface area contributed by atoms with Crippen LogP contribution in [0.5, 0.6) is 0 Å². The lowest BCUT2D eigenvalue weighted by Gasteiger charge is -2.18. The summed E-state index contributed by atoms with van der Waals surface area (Å²) in [4.78, 5) is 11.9. The van der Waals surface area contributed by atoms with Crippen LogP contribution in [0.2, 0.25) is 5.02 Å². The highest BCUT2D eigenvalue weighted by molar-refractivity contribution is 6.31. The van der Waals surface area contributed by atoms with Gasteiger partial charge in [0, 0.05) is 10.7 Å². The molecule has 0 saturated heterocycles. The van der Waals surface area contributed by atoms with Crippen LogP contribution in [0, 0.1) is 12.8 Å². The van der Waals surface area contributed by atoms with Crippen LogP contribution in [-0.4, -0.2) is 11.9 Å². The Bertz CT molecular complexity index is 406. The maximum Gasteiger partial charge on any atom is 0.241 e. The minimum atomic E-state index is -0.488. The molecule has 3 nitrogen and oxygen atoms in total. The van der Waals surface area contributed by atoms with Crippen LogP contribution >= 0.6 is 11.6 Å². The third kappa shape index (κ3) is 3.72. The minimum Gasteiger partial charge on any atom is -0.324 e. The van der Waals surface area contributed by atoms with Gasteiger partial charge in [0.1, 0.15) is 0 Å². The molecule has 0 aliphatic rings. The Hall–Kier alpha value is -1.06. The van der Waals surface area contributed by atoms with E-state index in [4.69, 9.17) is 17.3 Å². The molecule has 0 aliphatic carbocycles. The van der Waals surface area contributed by atoms with Crippen molar-refractivity contribution in [2.75, 3.05) is 5.32 Å². The third-order valence-corrected chi connectivity index (χ3v) is 3.25. The van der Waals surface area contributed by atoms with Gasteiger partial charge in [-0.3, -0.25) is 4.79 Å². The first-order valence-corrected chi connectivity index (χ1v) is 6.16. The van der Waals surface area contributed by atoms with E-state index in [0.29, 0.717) is 5.02 Å². The molecule has 0 heterocycles. The Balaban J connectivity index is 2.77. The average molecular weight is 255 g/mol. The van der Waals surface area contributed by atoms with Crippen LogP contribution < -0.4 is 11.1 Å². The molecule has 0 radical (unpaired) electrons. The Morgan fingerprint density at radius 1 is 1.53 bits per heavy atom. The topological polar surface area (TPSA) is 55.1 Å². The van der Waals surface area contributed by atoms with Gasteiger partial charge in [0.25, 0.3) is 0 Å². The first-order valence-electron chi connectivity index (χ1n) is 5.78. The van der Waals surface area contributed by atoms with Gasteiger partial charge < -0.3 is 11.1 Å². The summed E-state index contributed by atoms with van der Waals surface area (Å²) in [6, 6.07) is 4.91. The second-order valence-corrected chi connectivity index (χ2v) is 4.80. The van der Waals surface area contributed by atoms with Gasteiger partial charge in [0.2, 0.25) is 5.91 Å². The summed E-state index contributed by atoms with van der Waals surface area (Å²) in [6.07, 6.45) is 0.878. The zero-order chi connectivity index (χ0) is 13.0. The van der Waals surface area contributed by atoms with Crippen LogP contribution in [0.25, 0.3) is 0 Å². The fraction of sp³-hybridized carbons (Fsp3) is 0.462. The fourth-order valence-corrected chi connectivity index (χ4v) is 1.63. The molecule has 3 N–H and O–H groups in total. The van der Waals surface area contributed by atoms with Crippen molar-refractivity contribution < 1.29 is 4.79 Å². The van der Waals surface area contributed by atoms with Gasteiger partial charge in [0.15, 0.2) is 0 Å². The maximum atomic E-state index is 11.9. The number of rotatable bonds is 4. The molecule has 1 amide bonds. The zero-order valence-electron chi connectivity index (χ0n) is 10.5. The molecule has 4 heteroatoms. The van der Waals surface area contributed by atoms with E-state index in [1.165, 1.54) is 0 Å². The van der Waals surface area contributed by atoms with Crippen molar-refractivity contribution in [3.8, 4) is 0 Å². The number of nitrogens with one attached hydrogen (secondary N) is 1. The van der Waals surface area contributed by atoms with Gasteiger partial charge in [-0.05, 0) is 30.5 Å². The lowest BCUT2D eigenvalue weighted by molar-refractivity contribution is -0.118. The Morgan fingerprint density at radius 3 is 2.76 bits per heavy atom. The number of hydrogen-bond donors (Lipinski definition) is 2. The highest BCUT2D eigenvalue weighted by atomic mass is 35.5. The molecule has 1 aromatic carbocycles. The van der Waals surface area contributed by atoms with E-state index in [9.17, 15) is 4.79 Å². The number of carbonyl (C=O) groups is 1. The molecule has 17 heavy (non-hydrogen) atoms. The standard InChI is InChI=1S/C13H19ClN2O/c1-4-8(2)12(15)13(17)16-11-7-10(14)6-5-9(11)3/h5-8,12H,4,15H2,1-3H3,(H,16,17). The number of halogens is 1. The maximum absolute atomic E-state index is 11.9. The summed E-state index contributed by atoms with van der Waals surface area (Å²) in [5.74, 6) is -0.000734. The van der Waals surface area contributed by atoms with Crippen molar-refractivity contribution in [2.45, 2.75) is 33.2 Å². The summed E-state index contributed by atoms with van der Waals surface area (Å²) in [6.45, 7) is 5.90. The highest BCUT2D eigenvalue weighted by Crippen LogP contribution is 2.20. The summed E-state index contributed by atoms with van der Waals surface area (Å²) in [7, 11) is 0. The van der Waals surface area contributed by atoms with E-state index in [0.717, 1.165) is 17.7 Å². The zero-order valence-corrected chi connectivity index (χ0v) is 11.2. The minimum absolute atomic E-state index is 0.162. The summed E-state index contributed by atoms with van der Waals surface area (Å²) < 4.78 is 0. The molecule has 0 aliphatic heterocycles. The predicted molar refractivity (Wildman–Crippen MR) is 72.2 cm³/mol. The number of benzene rings is 1. The SMILES string of the molecule is CCC(C)C(N)C(=O)Nc1cc(Cl)ccc1C. The van der Waals surface area contributed by atoms with E-state index in [1.807, 2.05) is 26.8 Å². The van der Waals surface area contributed by atoms with Crippen LogP contribution in [-0.2, 0) is 4.79 Å². The van der Waals surface area contributed by atoms with Crippen molar-refractivity contribution in [1.82, 2.24) is 0 Å². The van der Waals surface area contributed by atoms with Crippen molar-refractivity contribution in [2.24, 2.45) is 11.7 Å². The Morgan fingerprint density at radius 2 is 2.18 bits per heavy atom. The second kappa shape index (κ2) is 6.03. The number of anilines is 1. The largest absolute Gasteiger partial charge is 0.324 e. The third-order valence-electron chi connectivity index (χ3n) is 3.02. The number of amides is 1. The van der Waals surface area contributed by atoms with Crippen LogP contribution in [0.4, 0.5) is 5.69 Å². The fourth-order valence-electron chi connectivity index (χ4n) is 1.46. The number of carbonyl (C=O) groups excluding carboxylic acids is 1. The van der Waals surface area contributed by atoms with Crippen LogP contribution in [0.3, 0.4) is 0 Å². The molecule has 94 valence electrons. The first-order chi connectivity index (χ1) is 7.95. The van der Waals surface area contributed by atoms with Gasteiger partial charge in [0.05, 0.1) is 6.04 Å². The van der Waals surface area contributed by atoms with Crippen molar-refractivity contribution >= 4 is 23.2 Å². The van der Waals surface area contributed by atoms with E-state index in [-0.39, 0.29) is 11.8 Å². The van der Waals surface area contributed by atoms with Gasteiger partial charge in [-0.1, -0.05) is 37.9 Å². The van der Waals surface area contributed by atoms with Crippen LogP contribution in [0.15, 0.2) is 18.2 Å². The number of hydrogen-bond acceptors (Lipinski definition) is 2. The Labute approximate surface area is 107 Å². The first kappa shape index (κ1) is 14.0. The van der Waals surface area contributed by atoms with E-state index in [1.54, 1.807) is 12.1 Å². The quantitative estimate of drug-likeness (QED) is 0.868. The molecular weight excluding hydrogens is 236 g/mol. The van der Waals surface area contributed by atoms with Gasteiger partial charge in [-0.15, -0.1) is 0 Å². The molecule has 0 aromatic heterocycles. The van der Waals surface area contributed by atoms with Crippen LogP contribution in [0.1, 0.15) is 25.8 Å². The normalized spacial score (nSPS) is 14.2.